The number of hydrogen-bond donors (Lipinski definition) is 1. The second-order valence-corrected chi connectivity index (χ2v) is 9.28. The number of imidazole rings is 2. The first kappa shape index (κ1) is 21.8. The molecule has 35 heavy (non-hydrogen) atoms. The van der Waals surface area contributed by atoms with Gasteiger partial charge in [-0.25, -0.2) is 15.0 Å². The van der Waals surface area contributed by atoms with Crippen LogP contribution in [0.5, 0.6) is 0 Å². The Balaban J connectivity index is 1.68. The third kappa shape index (κ3) is 3.49. The quantitative estimate of drug-likeness (QED) is 0.329. The number of fused-ring (bicyclic) bond motifs is 3. The van der Waals surface area contributed by atoms with E-state index in [0.29, 0.717) is 32.6 Å². The highest BCUT2D eigenvalue weighted by Crippen LogP contribution is 2.39. The van der Waals surface area contributed by atoms with E-state index in [1.807, 2.05) is 76.8 Å². The summed E-state index contributed by atoms with van der Waals surface area (Å²) >= 11 is 12.5. The van der Waals surface area contributed by atoms with Crippen LogP contribution in [0.2, 0.25) is 10.0 Å². The van der Waals surface area contributed by atoms with Crippen LogP contribution in [0, 0.1) is 0 Å². The number of aliphatic hydroxyl groups is 1. The summed E-state index contributed by atoms with van der Waals surface area (Å²) in [6.07, 6.45) is 6.94. The van der Waals surface area contributed by atoms with E-state index in [4.69, 9.17) is 28.2 Å². The zero-order valence-electron chi connectivity index (χ0n) is 18.6. The van der Waals surface area contributed by atoms with Gasteiger partial charge in [-0.3, -0.25) is 4.40 Å². The van der Waals surface area contributed by atoms with E-state index in [-0.39, 0.29) is 0 Å². The van der Waals surface area contributed by atoms with E-state index in [9.17, 15) is 5.11 Å². The highest BCUT2D eigenvalue weighted by molar-refractivity contribution is 6.31. The molecule has 0 saturated carbocycles. The molecule has 3 aromatic carbocycles. The molecule has 6 nitrogen and oxygen atoms in total. The predicted octanol–water partition coefficient (Wildman–Crippen LogP) is 5.87. The summed E-state index contributed by atoms with van der Waals surface area (Å²) in [5.41, 5.74) is 2.98. The molecule has 0 saturated heterocycles. The highest BCUT2D eigenvalue weighted by atomic mass is 35.5. The van der Waals surface area contributed by atoms with Gasteiger partial charge in [-0.1, -0.05) is 53.5 Å². The molecule has 0 bridgehead atoms. The monoisotopic (exact) mass is 499 g/mol. The van der Waals surface area contributed by atoms with E-state index in [2.05, 4.69) is 9.97 Å². The lowest BCUT2D eigenvalue weighted by molar-refractivity contribution is 0.117. The molecule has 172 valence electrons. The van der Waals surface area contributed by atoms with Crippen LogP contribution in [0.4, 0.5) is 0 Å². The van der Waals surface area contributed by atoms with Gasteiger partial charge in [0, 0.05) is 40.4 Å². The minimum Gasteiger partial charge on any atom is -0.374 e. The average molecular weight is 500 g/mol. The molecular weight excluding hydrogens is 481 g/mol. The maximum absolute atomic E-state index is 12.4. The second-order valence-electron chi connectivity index (χ2n) is 8.41. The lowest BCUT2D eigenvalue weighted by Gasteiger charge is -2.30. The van der Waals surface area contributed by atoms with Gasteiger partial charge in [0.1, 0.15) is 0 Å². The van der Waals surface area contributed by atoms with Gasteiger partial charge in [0.15, 0.2) is 5.60 Å². The Morgan fingerprint density at radius 3 is 2.46 bits per heavy atom. The maximum Gasteiger partial charge on any atom is 0.234 e. The van der Waals surface area contributed by atoms with E-state index in [0.717, 1.165) is 22.2 Å². The molecule has 3 heterocycles. The fraction of sp³-hybridized carbons (Fsp3) is 0.0741. The van der Waals surface area contributed by atoms with Crippen molar-refractivity contribution in [2.24, 2.45) is 7.05 Å². The molecule has 0 aliphatic carbocycles. The molecule has 6 aromatic rings. The molecule has 6 rings (SSSR count). The van der Waals surface area contributed by atoms with Crippen molar-refractivity contribution in [3.63, 3.8) is 0 Å². The van der Waals surface area contributed by atoms with Crippen LogP contribution in [0.25, 0.3) is 27.9 Å². The van der Waals surface area contributed by atoms with Crippen molar-refractivity contribution in [3.05, 3.63) is 119 Å². The molecule has 1 unspecified atom stereocenters. The Hall–Kier alpha value is -3.71. The number of rotatable bonds is 4. The summed E-state index contributed by atoms with van der Waals surface area (Å²) in [6, 6.07) is 20.6. The molecule has 0 spiro atoms. The number of hydrogen-bond acceptors (Lipinski definition) is 4. The number of halogens is 2. The first-order chi connectivity index (χ1) is 16.9. The Morgan fingerprint density at radius 2 is 1.71 bits per heavy atom. The van der Waals surface area contributed by atoms with Crippen molar-refractivity contribution in [2.45, 2.75) is 5.60 Å². The maximum atomic E-state index is 12.4. The summed E-state index contributed by atoms with van der Waals surface area (Å²) in [5.74, 6) is 0.583. The van der Waals surface area contributed by atoms with E-state index in [1.165, 1.54) is 0 Å². The lowest BCUT2D eigenvalue weighted by atomic mass is 9.83. The highest BCUT2D eigenvalue weighted by Gasteiger charge is 2.37. The van der Waals surface area contributed by atoms with Crippen molar-refractivity contribution in [3.8, 4) is 11.3 Å². The third-order valence-electron chi connectivity index (χ3n) is 6.31. The number of aromatic nitrogens is 5. The van der Waals surface area contributed by atoms with Gasteiger partial charge in [0.05, 0.1) is 29.4 Å². The Morgan fingerprint density at radius 1 is 0.914 bits per heavy atom. The minimum atomic E-state index is -1.49. The zero-order valence-corrected chi connectivity index (χ0v) is 20.1. The van der Waals surface area contributed by atoms with Gasteiger partial charge in [0.25, 0.3) is 0 Å². The van der Waals surface area contributed by atoms with Gasteiger partial charge in [-0.15, -0.1) is 0 Å². The van der Waals surface area contributed by atoms with Gasteiger partial charge in [-0.05, 0) is 47.5 Å². The normalized spacial score (nSPS) is 13.4. The van der Waals surface area contributed by atoms with Crippen LogP contribution in [0.15, 0.2) is 91.6 Å². The number of aryl methyl sites for hydroxylation is 1. The first-order valence-electron chi connectivity index (χ1n) is 10.9. The Labute approximate surface area is 211 Å². The minimum absolute atomic E-state index is 0.583. The van der Waals surface area contributed by atoms with Crippen LogP contribution in [-0.2, 0) is 12.6 Å². The van der Waals surface area contributed by atoms with Crippen molar-refractivity contribution < 1.29 is 5.11 Å². The van der Waals surface area contributed by atoms with Crippen molar-refractivity contribution in [1.29, 1.82) is 0 Å². The SMILES string of the molecule is Cn1cncc1C(O)(c1ccc(Cl)cc1)c1ccc2c(c1)c(-c1cccc(Cl)c1)nc1nccn12. The molecule has 0 amide bonds. The van der Waals surface area contributed by atoms with Gasteiger partial charge < -0.3 is 9.67 Å². The standard InChI is InChI=1S/C27H19Cl2N5O/c1-33-16-30-15-24(33)27(35,18-5-8-20(28)9-6-18)19-7-10-23-22(14-19)25(17-3-2-4-21(29)13-17)32-26-31-11-12-34(23)26/h2-16,35H,1H3. The van der Waals surface area contributed by atoms with Crippen molar-refractivity contribution >= 4 is 39.9 Å². The van der Waals surface area contributed by atoms with E-state index < -0.39 is 5.60 Å². The molecule has 0 fully saturated rings. The summed E-state index contributed by atoms with van der Waals surface area (Å²) in [4.78, 5) is 13.5. The third-order valence-corrected chi connectivity index (χ3v) is 6.80. The van der Waals surface area contributed by atoms with Crippen molar-refractivity contribution in [2.75, 3.05) is 0 Å². The smallest absolute Gasteiger partial charge is 0.234 e. The van der Waals surface area contributed by atoms with Crippen LogP contribution in [0.1, 0.15) is 16.8 Å². The average Bonchev–Trinajstić information content (AvgIpc) is 3.52. The van der Waals surface area contributed by atoms with Crippen LogP contribution in [-0.4, -0.2) is 29.0 Å². The van der Waals surface area contributed by atoms with E-state index in [1.54, 1.807) is 30.9 Å². The molecule has 3 aromatic heterocycles. The Bertz CT molecular complexity index is 1710. The van der Waals surface area contributed by atoms with Crippen LogP contribution in [0.3, 0.4) is 0 Å². The van der Waals surface area contributed by atoms with Gasteiger partial charge in [0.2, 0.25) is 5.78 Å². The summed E-state index contributed by atoms with van der Waals surface area (Å²) in [6.45, 7) is 0. The summed E-state index contributed by atoms with van der Waals surface area (Å²) in [7, 11) is 1.86. The molecule has 8 heteroatoms. The number of benzene rings is 3. The second kappa shape index (κ2) is 8.20. The van der Waals surface area contributed by atoms with Gasteiger partial charge >= 0.3 is 0 Å². The zero-order chi connectivity index (χ0) is 24.2. The summed E-state index contributed by atoms with van der Waals surface area (Å²) < 4.78 is 3.74. The molecule has 1 atom stereocenters. The first-order valence-corrected chi connectivity index (χ1v) is 11.7. The van der Waals surface area contributed by atoms with Crippen LogP contribution < -0.4 is 0 Å². The predicted molar refractivity (Wildman–Crippen MR) is 138 cm³/mol. The van der Waals surface area contributed by atoms with E-state index >= 15 is 0 Å². The van der Waals surface area contributed by atoms with Crippen LogP contribution >= 0.6 is 23.2 Å². The fourth-order valence-electron chi connectivity index (χ4n) is 4.60. The molecule has 0 aliphatic heterocycles. The molecule has 0 radical (unpaired) electrons. The van der Waals surface area contributed by atoms with Gasteiger partial charge in [-0.2, -0.15) is 0 Å². The molecule has 1 N–H and O–H groups in total. The fourth-order valence-corrected chi connectivity index (χ4v) is 4.92. The van der Waals surface area contributed by atoms with Crippen molar-refractivity contribution in [1.82, 2.24) is 23.9 Å². The lowest BCUT2D eigenvalue weighted by Crippen LogP contribution is -2.31. The largest absolute Gasteiger partial charge is 0.374 e. The Kier molecular flexibility index (Phi) is 5.11. The molecule has 0 aliphatic rings. The molecular formula is C27H19Cl2N5O. The summed E-state index contributed by atoms with van der Waals surface area (Å²) in [5, 5.41) is 14.4. The number of nitrogens with zero attached hydrogens (tertiary/aromatic N) is 5. The topological polar surface area (TPSA) is 68.2 Å².